The van der Waals surface area contributed by atoms with E-state index in [1.807, 2.05) is 17.3 Å². The summed E-state index contributed by atoms with van der Waals surface area (Å²) in [6, 6.07) is 4.34. The standard InChI is InChI=1S/C28H35N7O3/c1-17(2)21-14-31-27(35-11-6-18(35)3)22-15-30-26(13-20(21)22)32-25-5-9-29-28(33-25)34-10-7-19(24(37)16-34)23(36)8-12-38-4/h5,8-9,12-15,17-19,24,37H,6-7,10-11,16H2,1-4H3,(H,29,30,32,33)/t18-,19+,24-/m0/s1. The maximum absolute atomic E-state index is 12.3. The number of nitrogens with one attached hydrogen (secondary N) is 1. The number of carbonyl (C=O) groups excluding carboxylic acids is 1. The number of β-amino-alcohol motifs (C(OH)–C–C–N with tert-alkyl or cyclic N) is 1. The van der Waals surface area contributed by atoms with Crippen LogP contribution in [0.5, 0.6) is 0 Å². The molecule has 5 rings (SSSR count). The summed E-state index contributed by atoms with van der Waals surface area (Å²) in [4.78, 5) is 35.1. The van der Waals surface area contributed by atoms with Crippen molar-refractivity contribution in [2.45, 2.75) is 51.7 Å². The summed E-state index contributed by atoms with van der Waals surface area (Å²) in [5, 5.41) is 16.1. The van der Waals surface area contributed by atoms with E-state index in [9.17, 15) is 9.90 Å². The van der Waals surface area contributed by atoms with Gasteiger partial charge in [0.2, 0.25) is 5.95 Å². The van der Waals surface area contributed by atoms with Gasteiger partial charge in [-0.25, -0.2) is 15.0 Å². The van der Waals surface area contributed by atoms with Crippen molar-refractivity contribution in [2.75, 3.05) is 41.9 Å². The third-order valence-electron chi connectivity index (χ3n) is 7.49. The minimum Gasteiger partial charge on any atom is -0.504 e. The maximum Gasteiger partial charge on any atom is 0.227 e. The van der Waals surface area contributed by atoms with Crippen molar-refractivity contribution in [1.29, 1.82) is 0 Å². The number of pyridine rings is 2. The zero-order valence-electron chi connectivity index (χ0n) is 22.3. The fourth-order valence-corrected chi connectivity index (χ4v) is 5.14. The van der Waals surface area contributed by atoms with Gasteiger partial charge in [-0.1, -0.05) is 13.8 Å². The molecular formula is C28H35N7O3. The molecule has 10 nitrogen and oxygen atoms in total. The Hall–Kier alpha value is -3.79. The van der Waals surface area contributed by atoms with Gasteiger partial charge in [-0.3, -0.25) is 4.79 Å². The van der Waals surface area contributed by atoms with Gasteiger partial charge in [-0.15, -0.1) is 0 Å². The van der Waals surface area contributed by atoms with Crippen molar-refractivity contribution in [1.82, 2.24) is 19.9 Å². The molecule has 0 saturated carbocycles. The number of aromatic nitrogens is 4. The predicted octanol–water partition coefficient (Wildman–Crippen LogP) is 3.80. The molecule has 0 spiro atoms. The number of hydrogen-bond acceptors (Lipinski definition) is 10. The summed E-state index contributed by atoms with van der Waals surface area (Å²) in [5.41, 5.74) is 1.18. The van der Waals surface area contributed by atoms with E-state index in [1.54, 1.807) is 12.3 Å². The van der Waals surface area contributed by atoms with Crippen LogP contribution in [-0.4, -0.2) is 69.7 Å². The van der Waals surface area contributed by atoms with Gasteiger partial charge in [-0.05, 0) is 48.8 Å². The summed E-state index contributed by atoms with van der Waals surface area (Å²) in [7, 11) is 1.49. The van der Waals surface area contributed by atoms with Crippen LogP contribution < -0.4 is 15.1 Å². The van der Waals surface area contributed by atoms with Crippen LogP contribution in [0.15, 0.2) is 43.1 Å². The first-order valence-corrected chi connectivity index (χ1v) is 13.2. The number of nitrogens with zero attached hydrogens (tertiary/aromatic N) is 6. The Morgan fingerprint density at radius 2 is 2.00 bits per heavy atom. The number of hydrogen-bond donors (Lipinski definition) is 2. The number of fused-ring (bicyclic) bond motifs is 1. The smallest absolute Gasteiger partial charge is 0.227 e. The molecule has 2 aliphatic heterocycles. The second kappa shape index (κ2) is 10.9. The highest BCUT2D eigenvalue weighted by atomic mass is 16.5. The molecular weight excluding hydrogens is 482 g/mol. The molecule has 0 aliphatic carbocycles. The van der Waals surface area contributed by atoms with Crippen LogP contribution in [0.1, 0.15) is 45.1 Å². The van der Waals surface area contributed by atoms with Crippen LogP contribution in [-0.2, 0) is 9.53 Å². The summed E-state index contributed by atoms with van der Waals surface area (Å²) >= 11 is 0. The molecule has 0 amide bonds. The molecule has 38 heavy (non-hydrogen) atoms. The molecule has 200 valence electrons. The number of piperidine rings is 1. The van der Waals surface area contributed by atoms with Crippen molar-refractivity contribution < 1.29 is 14.6 Å². The van der Waals surface area contributed by atoms with Gasteiger partial charge in [0, 0.05) is 55.7 Å². The quantitative estimate of drug-likeness (QED) is 0.337. The topological polar surface area (TPSA) is 117 Å². The maximum atomic E-state index is 12.3. The lowest BCUT2D eigenvalue weighted by atomic mass is 9.90. The summed E-state index contributed by atoms with van der Waals surface area (Å²) < 4.78 is 4.83. The molecule has 2 fully saturated rings. The summed E-state index contributed by atoms with van der Waals surface area (Å²) in [6.45, 7) is 8.42. The average Bonchev–Trinajstić information content (AvgIpc) is 2.90. The highest BCUT2D eigenvalue weighted by Gasteiger charge is 2.33. The Balaban J connectivity index is 1.35. The third kappa shape index (κ3) is 5.13. The Labute approximate surface area is 222 Å². The minimum atomic E-state index is -0.813. The van der Waals surface area contributed by atoms with E-state index in [0.29, 0.717) is 42.5 Å². The molecule has 0 bridgehead atoms. The third-order valence-corrected chi connectivity index (χ3v) is 7.49. The minimum absolute atomic E-state index is 0.139. The number of aliphatic hydroxyl groups is 1. The number of allylic oxidation sites excluding steroid dienone is 1. The molecule has 0 unspecified atom stereocenters. The molecule has 3 atom stereocenters. The zero-order valence-corrected chi connectivity index (χ0v) is 22.3. The lowest BCUT2D eigenvalue weighted by Crippen LogP contribution is -2.47. The van der Waals surface area contributed by atoms with E-state index < -0.39 is 12.0 Å². The molecule has 3 aromatic rings. The van der Waals surface area contributed by atoms with Gasteiger partial charge in [-0.2, -0.15) is 4.98 Å². The molecule has 10 heteroatoms. The summed E-state index contributed by atoms with van der Waals surface area (Å²) in [6.07, 6.45) is 9.15. The van der Waals surface area contributed by atoms with E-state index >= 15 is 0 Å². The van der Waals surface area contributed by atoms with Gasteiger partial charge >= 0.3 is 0 Å². The van der Waals surface area contributed by atoms with Gasteiger partial charge in [0.25, 0.3) is 0 Å². The number of ketones is 1. The Kier molecular flexibility index (Phi) is 7.42. The van der Waals surface area contributed by atoms with Gasteiger partial charge < -0.3 is 25.0 Å². The fourth-order valence-electron chi connectivity index (χ4n) is 5.14. The van der Waals surface area contributed by atoms with Crippen LogP contribution in [0.4, 0.5) is 23.4 Å². The lowest BCUT2D eigenvalue weighted by molar-refractivity contribution is -0.122. The van der Waals surface area contributed by atoms with Crippen LogP contribution >= 0.6 is 0 Å². The molecule has 5 heterocycles. The van der Waals surface area contributed by atoms with Crippen LogP contribution in [0.25, 0.3) is 10.8 Å². The van der Waals surface area contributed by atoms with Gasteiger partial charge in [0.05, 0.1) is 25.4 Å². The zero-order chi connectivity index (χ0) is 26.8. The van der Waals surface area contributed by atoms with E-state index in [-0.39, 0.29) is 12.3 Å². The largest absolute Gasteiger partial charge is 0.504 e. The first kappa shape index (κ1) is 25.8. The second-order valence-electron chi connectivity index (χ2n) is 10.4. The Morgan fingerprint density at radius 1 is 1.16 bits per heavy atom. The van der Waals surface area contributed by atoms with E-state index in [2.05, 4.69) is 47.0 Å². The first-order chi connectivity index (χ1) is 18.4. The number of methoxy groups -OCH3 is 1. The van der Waals surface area contributed by atoms with Crippen molar-refractivity contribution >= 4 is 40.0 Å². The van der Waals surface area contributed by atoms with E-state index in [0.717, 1.165) is 23.1 Å². The molecule has 2 aliphatic rings. The van der Waals surface area contributed by atoms with Crippen LogP contribution in [0.2, 0.25) is 0 Å². The normalized spacial score (nSPS) is 21.7. The first-order valence-electron chi connectivity index (χ1n) is 13.2. The Bertz CT molecular complexity index is 1350. The van der Waals surface area contributed by atoms with Crippen LogP contribution in [0.3, 0.4) is 0 Å². The fraction of sp³-hybridized carbons (Fsp3) is 0.464. The monoisotopic (exact) mass is 517 g/mol. The van der Waals surface area contributed by atoms with Gasteiger partial charge in [0.1, 0.15) is 17.5 Å². The number of rotatable bonds is 8. The molecule has 2 saturated heterocycles. The molecule has 0 aromatic carbocycles. The number of ether oxygens (including phenoxy) is 1. The SMILES string of the molecule is COC=CC(=O)[C@H]1CCN(c2nccc(Nc3cc4c(C(C)C)cnc(N5CC[C@@H]5C)c4cn3)n2)C[C@@H]1O. The summed E-state index contributed by atoms with van der Waals surface area (Å²) in [5.74, 6) is 2.50. The predicted molar refractivity (Wildman–Crippen MR) is 148 cm³/mol. The number of aliphatic hydroxyl groups excluding tert-OH is 1. The number of carbonyl (C=O) groups is 1. The number of anilines is 4. The Morgan fingerprint density at radius 3 is 2.68 bits per heavy atom. The molecule has 0 radical (unpaired) electrons. The molecule has 3 aromatic heterocycles. The van der Waals surface area contributed by atoms with Crippen molar-refractivity contribution in [3.63, 3.8) is 0 Å². The van der Waals surface area contributed by atoms with Crippen molar-refractivity contribution in [3.8, 4) is 0 Å². The van der Waals surface area contributed by atoms with Crippen molar-refractivity contribution in [3.05, 3.63) is 48.6 Å². The lowest BCUT2D eigenvalue weighted by Gasteiger charge is -2.40. The van der Waals surface area contributed by atoms with E-state index in [4.69, 9.17) is 14.7 Å². The average molecular weight is 518 g/mol. The van der Waals surface area contributed by atoms with Crippen LogP contribution in [0, 0.1) is 5.92 Å². The van der Waals surface area contributed by atoms with E-state index in [1.165, 1.54) is 31.4 Å². The van der Waals surface area contributed by atoms with Crippen molar-refractivity contribution in [2.24, 2.45) is 5.92 Å². The highest BCUT2D eigenvalue weighted by molar-refractivity contribution is 5.96. The van der Waals surface area contributed by atoms with Gasteiger partial charge in [0.15, 0.2) is 5.78 Å². The molecule has 2 N–H and O–H groups in total. The second-order valence-corrected chi connectivity index (χ2v) is 10.4. The highest BCUT2D eigenvalue weighted by Crippen LogP contribution is 2.35.